The van der Waals surface area contributed by atoms with Gasteiger partial charge in [-0.1, -0.05) is 19.1 Å². The van der Waals surface area contributed by atoms with E-state index in [1.165, 1.54) is 0 Å². The Balaban J connectivity index is 2.23. The van der Waals surface area contributed by atoms with Gasteiger partial charge in [0, 0.05) is 0 Å². The molecule has 0 spiro atoms. The number of aromatic amines is 1. The number of rotatable bonds is 5. The van der Waals surface area contributed by atoms with Crippen molar-refractivity contribution in [3.8, 4) is 0 Å². The Labute approximate surface area is 132 Å². The number of fused-ring (bicyclic) bond motifs is 1. The molecule has 2 aromatic rings. The Morgan fingerprint density at radius 1 is 1.39 bits per heavy atom. The van der Waals surface area contributed by atoms with E-state index >= 15 is 0 Å². The fourth-order valence-electron chi connectivity index (χ4n) is 2.32. The lowest BCUT2D eigenvalue weighted by atomic mass is 10.2. The largest absolute Gasteiger partial charge is 0.351 e. The van der Waals surface area contributed by atoms with Gasteiger partial charge in [0.1, 0.15) is 5.82 Å². The predicted octanol–water partition coefficient (Wildman–Crippen LogP) is 0.328. The maximum absolute atomic E-state index is 12.1. The molecule has 23 heavy (non-hydrogen) atoms. The fourth-order valence-corrected chi connectivity index (χ4v) is 2.32. The third-order valence-corrected chi connectivity index (χ3v) is 3.59. The first-order valence-electron chi connectivity index (χ1n) is 7.24. The maximum atomic E-state index is 12.1. The van der Waals surface area contributed by atoms with Crippen LogP contribution in [0.1, 0.15) is 19.7 Å². The Morgan fingerprint density at radius 2 is 2.09 bits per heavy atom. The van der Waals surface area contributed by atoms with Crippen molar-refractivity contribution in [3.05, 3.63) is 40.4 Å². The molecule has 0 fully saturated rings. The van der Waals surface area contributed by atoms with Gasteiger partial charge in [-0.25, -0.2) is 9.78 Å². The van der Waals surface area contributed by atoms with Crippen molar-refractivity contribution in [2.24, 2.45) is 5.73 Å². The average Bonchev–Trinajstić information content (AvgIpc) is 2.51. The molecule has 0 aliphatic heterocycles. The summed E-state index contributed by atoms with van der Waals surface area (Å²) in [5.74, 6) is -0.0447. The zero-order valence-corrected chi connectivity index (χ0v) is 13.0. The number of aromatic nitrogens is 2. The molecule has 1 aromatic carbocycles. The van der Waals surface area contributed by atoms with Gasteiger partial charge in [-0.05, 0) is 25.6 Å². The van der Waals surface area contributed by atoms with Crippen molar-refractivity contribution in [2.75, 3.05) is 6.54 Å². The molecule has 0 saturated heterocycles. The highest BCUT2D eigenvalue weighted by Gasteiger charge is 2.22. The first-order valence-corrected chi connectivity index (χ1v) is 7.24. The topological polar surface area (TPSA) is 121 Å². The van der Waals surface area contributed by atoms with Crippen LogP contribution in [0.4, 0.5) is 4.79 Å². The lowest BCUT2D eigenvalue weighted by Crippen LogP contribution is -2.48. The van der Waals surface area contributed by atoms with E-state index in [9.17, 15) is 14.4 Å². The summed E-state index contributed by atoms with van der Waals surface area (Å²) in [5.41, 5.74) is 5.33. The number of amides is 3. The molecule has 1 heterocycles. The van der Waals surface area contributed by atoms with Crippen molar-refractivity contribution < 1.29 is 9.59 Å². The molecule has 1 atom stereocenters. The Morgan fingerprint density at radius 3 is 2.74 bits per heavy atom. The average molecular weight is 317 g/mol. The summed E-state index contributed by atoms with van der Waals surface area (Å²) < 4.78 is 0. The van der Waals surface area contributed by atoms with Crippen molar-refractivity contribution >= 4 is 22.8 Å². The number of urea groups is 1. The van der Waals surface area contributed by atoms with Crippen molar-refractivity contribution in [1.82, 2.24) is 20.2 Å². The summed E-state index contributed by atoms with van der Waals surface area (Å²) >= 11 is 0. The summed E-state index contributed by atoms with van der Waals surface area (Å²) in [6.45, 7) is 4.32. The van der Waals surface area contributed by atoms with Gasteiger partial charge < -0.3 is 10.7 Å². The lowest BCUT2D eigenvalue weighted by molar-refractivity contribution is -0.124. The van der Waals surface area contributed by atoms with E-state index in [2.05, 4.69) is 15.3 Å². The van der Waals surface area contributed by atoms with Crippen LogP contribution in [0.25, 0.3) is 10.9 Å². The minimum Gasteiger partial charge on any atom is -0.351 e. The van der Waals surface area contributed by atoms with Gasteiger partial charge >= 0.3 is 6.03 Å². The molecule has 8 heteroatoms. The number of nitrogens with zero attached hydrogens (tertiary/aromatic N) is 2. The van der Waals surface area contributed by atoms with Crippen LogP contribution in [0.15, 0.2) is 29.1 Å². The normalized spacial score (nSPS) is 12.3. The second kappa shape index (κ2) is 7.01. The molecule has 0 radical (unpaired) electrons. The number of nitrogens with one attached hydrogen (secondary N) is 2. The highest BCUT2D eigenvalue weighted by Crippen LogP contribution is 2.09. The molecule has 1 unspecified atom stereocenters. The van der Waals surface area contributed by atoms with E-state index in [0.29, 0.717) is 23.3 Å². The zero-order valence-electron chi connectivity index (χ0n) is 13.0. The van der Waals surface area contributed by atoms with Crippen LogP contribution in [-0.4, -0.2) is 39.4 Å². The number of likely N-dealkylation sites (N-methyl/N-ethyl adjacent to an activating group) is 1. The van der Waals surface area contributed by atoms with Crippen LogP contribution in [0.5, 0.6) is 0 Å². The zero-order chi connectivity index (χ0) is 17.0. The fraction of sp³-hybridized carbons (Fsp3) is 0.333. The number of benzene rings is 1. The first-order chi connectivity index (χ1) is 10.9. The summed E-state index contributed by atoms with van der Waals surface area (Å²) in [4.78, 5) is 43.6. The number of H-pyrrole nitrogens is 1. The Kier molecular flexibility index (Phi) is 5.07. The molecule has 0 bridgehead atoms. The van der Waals surface area contributed by atoms with Crippen LogP contribution in [0.2, 0.25) is 0 Å². The monoisotopic (exact) mass is 317 g/mol. The SMILES string of the molecule is CCN(Cc1nc2ccccc2c(=O)[nH]1)C(C)C(=O)NC(N)=O. The summed E-state index contributed by atoms with van der Waals surface area (Å²) in [6.07, 6.45) is 0. The third-order valence-electron chi connectivity index (χ3n) is 3.59. The molecule has 8 nitrogen and oxygen atoms in total. The summed E-state index contributed by atoms with van der Waals surface area (Å²) in [5, 5.41) is 2.56. The number of nitrogens with two attached hydrogens (primary N) is 1. The van der Waals surface area contributed by atoms with Gasteiger partial charge in [0.05, 0.1) is 23.5 Å². The number of carbonyl (C=O) groups is 2. The van der Waals surface area contributed by atoms with Crippen molar-refractivity contribution in [2.45, 2.75) is 26.4 Å². The molecule has 4 N–H and O–H groups in total. The quantitative estimate of drug-likeness (QED) is 0.733. The van der Waals surface area contributed by atoms with Gasteiger partial charge in [-0.2, -0.15) is 0 Å². The van der Waals surface area contributed by atoms with E-state index in [1.54, 1.807) is 36.1 Å². The van der Waals surface area contributed by atoms with Crippen LogP contribution in [0, 0.1) is 0 Å². The highest BCUT2D eigenvalue weighted by molar-refractivity contribution is 5.96. The number of carbonyl (C=O) groups excluding carboxylic acids is 2. The van der Waals surface area contributed by atoms with E-state index in [4.69, 9.17) is 5.73 Å². The number of para-hydroxylation sites is 1. The molecular weight excluding hydrogens is 298 g/mol. The van der Waals surface area contributed by atoms with E-state index < -0.39 is 18.0 Å². The molecular formula is C15H19N5O3. The minimum atomic E-state index is -0.893. The molecule has 0 aliphatic carbocycles. The molecule has 1 aromatic heterocycles. The number of hydrogen-bond donors (Lipinski definition) is 3. The van der Waals surface area contributed by atoms with Crippen LogP contribution in [0.3, 0.4) is 0 Å². The smallest absolute Gasteiger partial charge is 0.318 e. The number of imide groups is 1. The van der Waals surface area contributed by atoms with Gasteiger partial charge in [-0.3, -0.25) is 19.8 Å². The summed E-state index contributed by atoms with van der Waals surface area (Å²) in [6, 6.07) is 5.55. The van der Waals surface area contributed by atoms with Crippen molar-refractivity contribution in [1.29, 1.82) is 0 Å². The molecule has 122 valence electrons. The summed E-state index contributed by atoms with van der Waals surface area (Å²) in [7, 11) is 0. The van der Waals surface area contributed by atoms with Crippen molar-refractivity contribution in [3.63, 3.8) is 0 Å². The van der Waals surface area contributed by atoms with E-state index in [0.717, 1.165) is 0 Å². The molecule has 0 saturated carbocycles. The second-order valence-electron chi connectivity index (χ2n) is 5.12. The van der Waals surface area contributed by atoms with Gasteiger partial charge in [0.25, 0.3) is 5.56 Å². The standard InChI is InChI=1S/C15H19N5O3/c1-3-20(9(2)13(21)19-15(16)23)8-12-17-11-7-5-4-6-10(11)14(22)18-12/h4-7,9H,3,8H2,1-2H3,(H,17,18,22)(H3,16,19,21,23). The van der Waals surface area contributed by atoms with Crippen LogP contribution < -0.4 is 16.6 Å². The van der Waals surface area contributed by atoms with Gasteiger partial charge in [-0.15, -0.1) is 0 Å². The lowest BCUT2D eigenvalue weighted by Gasteiger charge is -2.25. The van der Waals surface area contributed by atoms with Gasteiger partial charge in [0.2, 0.25) is 5.91 Å². The Bertz CT molecular complexity index is 786. The predicted molar refractivity (Wildman–Crippen MR) is 85.6 cm³/mol. The van der Waals surface area contributed by atoms with E-state index in [-0.39, 0.29) is 12.1 Å². The van der Waals surface area contributed by atoms with Crippen LogP contribution in [-0.2, 0) is 11.3 Å². The highest BCUT2D eigenvalue weighted by atomic mass is 16.2. The van der Waals surface area contributed by atoms with Gasteiger partial charge in [0.15, 0.2) is 0 Å². The maximum Gasteiger partial charge on any atom is 0.318 e. The first kappa shape index (κ1) is 16.6. The van der Waals surface area contributed by atoms with E-state index in [1.807, 2.05) is 6.92 Å². The molecule has 3 amide bonds. The third kappa shape index (κ3) is 3.92. The number of hydrogen-bond acceptors (Lipinski definition) is 5. The van der Waals surface area contributed by atoms with Crippen LogP contribution >= 0.6 is 0 Å². The Hall–Kier alpha value is -2.74. The second-order valence-corrected chi connectivity index (χ2v) is 5.12. The molecule has 0 aliphatic rings. The number of primary amides is 1. The molecule has 2 rings (SSSR count). The minimum absolute atomic E-state index is 0.226.